The molecule has 0 radical (unpaired) electrons. The minimum atomic E-state index is -3.55. The standard InChI is InChI=1S/C25H34N2O3S/c1-18-16-19(2)24(20(3)17-18)31(29,30)27-14-12-23(13-15-27)25(28)26-21(4)10-11-22-8-6-5-7-9-22/h5-9,16-17,21,23H,10-15H2,1-4H3,(H,26,28)/t21-/m0/s1. The average Bonchev–Trinajstić information content (AvgIpc) is 2.72. The van der Waals surface area contributed by atoms with Crippen molar-refractivity contribution in [2.45, 2.75) is 64.3 Å². The Hall–Kier alpha value is -2.18. The maximum Gasteiger partial charge on any atom is 0.243 e. The van der Waals surface area contributed by atoms with Crippen molar-refractivity contribution >= 4 is 15.9 Å². The van der Waals surface area contributed by atoms with Crippen LogP contribution in [0.1, 0.15) is 48.4 Å². The fourth-order valence-corrected chi connectivity index (χ4v) is 6.40. The lowest BCUT2D eigenvalue weighted by Crippen LogP contribution is -2.45. The van der Waals surface area contributed by atoms with Gasteiger partial charge in [-0.25, -0.2) is 8.42 Å². The molecule has 3 rings (SSSR count). The van der Waals surface area contributed by atoms with Gasteiger partial charge in [0.05, 0.1) is 4.90 Å². The smallest absolute Gasteiger partial charge is 0.243 e. The van der Waals surface area contributed by atoms with Crippen molar-refractivity contribution in [1.29, 1.82) is 0 Å². The van der Waals surface area contributed by atoms with E-state index in [0.29, 0.717) is 30.8 Å². The molecule has 1 aliphatic rings. The predicted molar refractivity (Wildman–Crippen MR) is 125 cm³/mol. The summed E-state index contributed by atoms with van der Waals surface area (Å²) in [5, 5.41) is 3.12. The van der Waals surface area contributed by atoms with Crippen LogP contribution in [0, 0.1) is 26.7 Å². The van der Waals surface area contributed by atoms with Gasteiger partial charge in [0.2, 0.25) is 15.9 Å². The van der Waals surface area contributed by atoms with Crippen LogP contribution in [0.2, 0.25) is 0 Å². The summed E-state index contributed by atoms with van der Waals surface area (Å²) in [6, 6.07) is 14.2. The number of benzene rings is 2. The van der Waals surface area contributed by atoms with Gasteiger partial charge < -0.3 is 5.32 Å². The molecule has 1 amide bonds. The van der Waals surface area contributed by atoms with Gasteiger partial charge in [-0.2, -0.15) is 4.31 Å². The highest BCUT2D eigenvalue weighted by atomic mass is 32.2. The molecule has 1 atom stereocenters. The molecule has 1 heterocycles. The molecule has 1 aliphatic heterocycles. The largest absolute Gasteiger partial charge is 0.353 e. The highest BCUT2D eigenvalue weighted by Crippen LogP contribution is 2.29. The van der Waals surface area contributed by atoms with Crippen LogP contribution in [0.25, 0.3) is 0 Å². The maximum absolute atomic E-state index is 13.2. The van der Waals surface area contributed by atoms with Crippen molar-refractivity contribution in [3.05, 3.63) is 64.7 Å². The molecular weight excluding hydrogens is 408 g/mol. The Morgan fingerprint density at radius 2 is 1.65 bits per heavy atom. The van der Waals surface area contributed by atoms with Gasteiger partial charge in [0.15, 0.2) is 0 Å². The summed E-state index contributed by atoms with van der Waals surface area (Å²) in [5.74, 6) is -0.0915. The van der Waals surface area contributed by atoms with E-state index < -0.39 is 10.0 Å². The monoisotopic (exact) mass is 442 g/mol. The first-order chi connectivity index (χ1) is 14.7. The number of rotatable bonds is 7. The lowest BCUT2D eigenvalue weighted by atomic mass is 9.96. The predicted octanol–water partition coefficient (Wildman–Crippen LogP) is 4.15. The van der Waals surface area contributed by atoms with Gasteiger partial charge in [0.1, 0.15) is 0 Å². The van der Waals surface area contributed by atoms with Crippen molar-refractivity contribution in [2.75, 3.05) is 13.1 Å². The van der Waals surface area contributed by atoms with Crippen LogP contribution < -0.4 is 5.32 Å². The zero-order chi connectivity index (χ0) is 22.6. The normalized spacial score (nSPS) is 16.8. The fraction of sp³-hybridized carbons (Fsp3) is 0.480. The van der Waals surface area contributed by atoms with Gasteiger partial charge in [0.25, 0.3) is 0 Å². The van der Waals surface area contributed by atoms with Crippen LogP contribution >= 0.6 is 0 Å². The van der Waals surface area contributed by atoms with E-state index in [-0.39, 0.29) is 17.9 Å². The number of amides is 1. The number of nitrogens with one attached hydrogen (secondary N) is 1. The van der Waals surface area contributed by atoms with E-state index in [0.717, 1.165) is 29.5 Å². The third-order valence-electron chi connectivity index (χ3n) is 6.12. The fourth-order valence-electron chi connectivity index (χ4n) is 4.52. The number of hydrogen-bond donors (Lipinski definition) is 1. The molecule has 31 heavy (non-hydrogen) atoms. The minimum absolute atomic E-state index is 0.0420. The van der Waals surface area contributed by atoms with Crippen LogP contribution in [0.5, 0.6) is 0 Å². The molecule has 6 heteroatoms. The van der Waals surface area contributed by atoms with Gasteiger partial charge in [-0.15, -0.1) is 0 Å². The van der Waals surface area contributed by atoms with Gasteiger partial charge in [-0.1, -0.05) is 48.0 Å². The van der Waals surface area contributed by atoms with E-state index in [1.807, 2.05) is 58.0 Å². The highest BCUT2D eigenvalue weighted by molar-refractivity contribution is 7.89. The quantitative estimate of drug-likeness (QED) is 0.700. The molecule has 0 aliphatic carbocycles. The first-order valence-corrected chi connectivity index (χ1v) is 12.5. The van der Waals surface area contributed by atoms with Crippen LogP contribution in [0.4, 0.5) is 0 Å². The third kappa shape index (κ3) is 5.74. The lowest BCUT2D eigenvalue weighted by Gasteiger charge is -2.32. The van der Waals surface area contributed by atoms with Gasteiger partial charge >= 0.3 is 0 Å². The van der Waals surface area contributed by atoms with Crippen LogP contribution in [-0.4, -0.2) is 37.8 Å². The summed E-state index contributed by atoms with van der Waals surface area (Å²) >= 11 is 0. The molecule has 0 aromatic heterocycles. The van der Waals surface area contributed by atoms with E-state index in [4.69, 9.17) is 0 Å². The van der Waals surface area contributed by atoms with Crippen LogP contribution in [0.15, 0.2) is 47.4 Å². The van der Waals surface area contributed by atoms with Gasteiger partial charge in [-0.05, 0) is 70.1 Å². The van der Waals surface area contributed by atoms with E-state index in [1.54, 1.807) is 4.31 Å². The summed E-state index contributed by atoms with van der Waals surface area (Å²) in [6.07, 6.45) is 2.92. The number of sulfonamides is 1. The Bertz CT molecular complexity index is 987. The maximum atomic E-state index is 13.2. The number of carbonyl (C=O) groups excluding carboxylic acids is 1. The molecule has 1 fully saturated rings. The van der Waals surface area contributed by atoms with Crippen LogP contribution in [-0.2, 0) is 21.2 Å². The summed E-state index contributed by atoms with van der Waals surface area (Å²) in [5.41, 5.74) is 3.89. The Morgan fingerprint density at radius 1 is 1.06 bits per heavy atom. The number of carbonyl (C=O) groups is 1. The molecule has 0 bridgehead atoms. The second-order valence-corrected chi connectivity index (χ2v) is 10.7. The van der Waals surface area contributed by atoms with Crippen LogP contribution in [0.3, 0.4) is 0 Å². The summed E-state index contributed by atoms with van der Waals surface area (Å²) in [7, 11) is -3.55. The topological polar surface area (TPSA) is 66.5 Å². The van der Waals surface area contributed by atoms with Gasteiger partial charge in [-0.3, -0.25) is 4.79 Å². The number of aryl methyl sites for hydroxylation is 4. The SMILES string of the molecule is Cc1cc(C)c(S(=O)(=O)N2CCC(C(=O)N[C@@H](C)CCc3ccccc3)CC2)c(C)c1. The summed E-state index contributed by atoms with van der Waals surface area (Å²) in [6.45, 7) is 8.47. The third-order valence-corrected chi connectivity index (χ3v) is 8.33. The molecule has 2 aromatic rings. The molecule has 0 spiro atoms. The summed E-state index contributed by atoms with van der Waals surface area (Å²) < 4.78 is 28.0. The van der Waals surface area contributed by atoms with Gasteiger partial charge in [0, 0.05) is 25.0 Å². The highest BCUT2D eigenvalue weighted by Gasteiger charge is 2.33. The Balaban J connectivity index is 1.54. The first-order valence-electron chi connectivity index (χ1n) is 11.1. The molecule has 0 unspecified atom stereocenters. The van der Waals surface area contributed by atoms with E-state index in [2.05, 4.69) is 17.4 Å². The Kier molecular flexibility index (Phi) is 7.55. The van der Waals surface area contributed by atoms with Crippen molar-refractivity contribution in [1.82, 2.24) is 9.62 Å². The molecule has 0 saturated carbocycles. The van der Waals surface area contributed by atoms with E-state index >= 15 is 0 Å². The van der Waals surface area contributed by atoms with Crippen molar-refractivity contribution in [3.63, 3.8) is 0 Å². The molecule has 168 valence electrons. The number of nitrogens with zero attached hydrogens (tertiary/aromatic N) is 1. The zero-order valence-corrected chi connectivity index (χ0v) is 19.8. The lowest BCUT2D eigenvalue weighted by molar-refractivity contribution is -0.126. The second kappa shape index (κ2) is 9.96. The molecule has 1 N–H and O–H groups in total. The summed E-state index contributed by atoms with van der Waals surface area (Å²) in [4.78, 5) is 13.1. The molecule has 5 nitrogen and oxygen atoms in total. The minimum Gasteiger partial charge on any atom is -0.353 e. The average molecular weight is 443 g/mol. The van der Waals surface area contributed by atoms with Crippen molar-refractivity contribution in [2.24, 2.45) is 5.92 Å². The van der Waals surface area contributed by atoms with E-state index in [9.17, 15) is 13.2 Å². The molecular formula is C25H34N2O3S. The number of hydrogen-bond acceptors (Lipinski definition) is 3. The first kappa shape index (κ1) is 23.5. The van der Waals surface area contributed by atoms with Crippen molar-refractivity contribution in [3.8, 4) is 0 Å². The Labute approximate surface area is 186 Å². The molecule has 1 saturated heterocycles. The Morgan fingerprint density at radius 3 is 2.23 bits per heavy atom. The number of piperidine rings is 1. The molecule has 2 aromatic carbocycles. The zero-order valence-electron chi connectivity index (χ0n) is 19.0. The second-order valence-electron chi connectivity index (χ2n) is 8.84. The van der Waals surface area contributed by atoms with E-state index in [1.165, 1.54) is 5.56 Å². The van der Waals surface area contributed by atoms with Crippen molar-refractivity contribution < 1.29 is 13.2 Å².